The molecule has 0 aromatic heterocycles. The Bertz CT molecular complexity index is 748. The fourth-order valence-corrected chi connectivity index (χ4v) is 2.92. The lowest BCUT2D eigenvalue weighted by Crippen LogP contribution is -2.31. The Morgan fingerprint density at radius 1 is 1.35 bits per heavy atom. The van der Waals surface area contributed by atoms with Crippen molar-refractivity contribution in [1.29, 1.82) is 0 Å². The van der Waals surface area contributed by atoms with Gasteiger partial charge in [0.2, 0.25) is 10.0 Å². The van der Waals surface area contributed by atoms with Gasteiger partial charge in [0.25, 0.3) is 0 Å². The number of benzene rings is 1. The molecule has 0 radical (unpaired) electrons. The summed E-state index contributed by atoms with van der Waals surface area (Å²) in [6.45, 7) is 7.12. The van der Waals surface area contributed by atoms with E-state index in [0.717, 1.165) is 9.87 Å². The first kappa shape index (κ1) is 18.7. The number of nitrogens with zero attached hydrogens (tertiary/aromatic N) is 1. The van der Waals surface area contributed by atoms with Gasteiger partial charge >= 0.3 is 5.97 Å². The molecule has 6 heteroatoms. The Kier molecular flexibility index (Phi) is 7.30. The van der Waals surface area contributed by atoms with Gasteiger partial charge in [-0.2, -0.15) is 4.31 Å². The quantitative estimate of drug-likeness (QED) is 0.345. The van der Waals surface area contributed by atoms with Gasteiger partial charge in [-0.1, -0.05) is 30.2 Å². The normalized spacial score (nSPS) is 10.4. The summed E-state index contributed by atoms with van der Waals surface area (Å²) >= 11 is 0. The summed E-state index contributed by atoms with van der Waals surface area (Å²) in [6.07, 6.45) is 1.48. The molecule has 0 spiro atoms. The standard InChI is InChI=1S/C17H19NO4S/c1-4-6-13-18(14-7-8-17(19)22-5-2)23(20,21)16-11-9-15(3)10-12-16/h6,9-12H,1,5,13-14H2,2-3H3. The predicted molar refractivity (Wildman–Crippen MR) is 88.1 cm³/mol. The summed E-state index contributed by atoms with van der Waals surface area (Å²) in [6, 6.07) is 6.51. The molecule has 1 aromatic rings. The number of hydrogen-bond acceptors (Lipinski definition) is 4. The van der Waals surface area contributed by atoms with Crippen LogP contribution in [-0.4, -0.2) is 38.4 Å². The molecule has 1 rings (SSSR count). The topological polar surface area (TPSA) is 63.7 Å². The Balaban J connectivity index is 3.02. The van der Waals surface area contributed by atoms with Crippen molar-refractivity contribution in [3.63, 3.8) is 0 Å². The van der Waals surface area contributed by atoms with E-state index >= 15 is 0 Å². The molecule has 0 heterocycles. The SMILES string of the molecule is C=C=CCN(CC#CC(=O)OCC)S(=O)(=O)c1ccc(C)cc1. The highest BCUT2D eigenvalue weighted by atomic mass is 32.2. The summed E-state index contributed by atoms with van der Waals surface area (Å²) in [5.74, 6) is 4.10. The van der Waals surface area contributed by atoms with E-state index in [1.54, 1.807) is 19.1 Å². The molecule has 0 saturated heterocycles. The fourth-order valence-electron chi connectivity index (χ4n) is 1.64. The summed E-state index contributed by atoms with van der Waals surface area (Å²) in [5.41, 5.74) is 3.49. The highest BCUT2D eigenvalue weighted by molar-refractivity contribution is 7.89. The van der Waals surface area contributed by atoms with Gasteiger partial charge in [-0.05, 0) is 32.1 Å². The Labute approximate surface area is 137 Å². The zero-order valence-electron chi connectivity index (χ0n) is 13.2. The Morgan fingerprint density at radius 2 is 2.00 bits per heavy atom. The minimum absolute atomic E-state index is 0.0667. The van der Waals surface area contributed by atoms with E-state index in [1.165, 1.54) is 18.2 Å². The summed E-state index contributed by atoms with van der Waals surface area (Å²) in [5, 5.41) is 0. The summed E-state index contributed by atoms with van der Waals surface area (Å²) in [4.78, 5) is 11.4. The van der Waals surface area contributed by atoms with Crippen LogP contribution >= 0.6 is 0 Å². The third kappa shape index (κ3) is 5.76. The van der Waals surface area contributed by atoms with Crippen molar-refractivity contribution in [1.82, 2.24) is 4.31 Å². The van der Waals surface area contributed by atoms with E-state index in [4.69, 9.17) is 0 Å². The number of sulfonamides is 1. The molecule has 0 amide bonds. The largest absolute Gasteiger partial charge is 0.456 e. The molecule has 0 N–H and O–H groups in total. The Hall–Kier alpha value is -2.32. The highest BCUT2D eigenvalue weighted by Gasteiger charge is 2.22. The lowest BCUT2D eigenvalue weighted by atomic mass is 10.2. The zero-order valence-corrected chi connectivity index (χ0v) is 14.0. The lowest BCUT2D eigenvalue weighted by molar-refractivity contribution is -0.136. The van der Waals surface area contributed by atoms with Crippen LogP contribution in [0.4, 0.5) is 0 Å². The smallest absolute Gasteiger partial charge is 0.384 e. The third-order valence-corrected chi connectivity index (χ3v) is 4.65. The van der Waals surface area contributed by atoms with E-state index in [2.05, 4.69) is 28.9 Å². The fraction of sp³-hybridized carbons (Fsp3) is 0.294. The average Bonchev–Trinajstić information content (AvgIpc) is 2.51. The summed E-state index contributed by atoms with van der Waals surface area (Å²) in [7, 11) is -3.72. The number of aryl methyl sites for hydroxylation is 1. The van der Waals surface area contributed by atoms with Crippen molar-refractivity contribution in [2.45, 2.75) is 18.7 Å². The zero-order chi connectivity index (χ0) is 17.3. The van der Waals surface area contributed by atoms with Gasteiger partial charge in [0.15, 0.2) is 0 Å². The van der Waals surface area contributed by atoms with E-state index in [9.17, 15) is 13.2 Å². The van der Waals surface area contributed by atoms with Crippen molar-refractivity contribution in [3.8, 4) is 11.8 Å². The number of carbonyl (C=O) groups excluding carboxylic acids is 1. The monoisotopic (exact) mass is 333 g/mol. The molecule has 0 aliphatic rings. The average molecular weight is 333 g/mol. The molecule has 0 aliphatic carbocycles. The minimum Gasteiger partial charge on any atom is -0.456 e. The van der Waals surface area contributed by atoms with E-state index in [0.29, 0.717) is 0 Å². The molecule has 23 heavy (non-hydrogen) atoms. The van der Waals surface area contributed by atoms with Gasteiger partial charge in [-0.3, -0.25) is 0 Å². The first-order valence-corrected chi connectivity index (χ1v) is 8.42. The molecule has 0 aliphatic heterocycles. The molecular weight excluding hydrogens is 314 g/mol. The van der Waals surface area contributed by atoms with Gasteiger partial charge in [-0.25, -0.2) is 13.2 Å². The van der Waals surface area contributed by atoms with Crippen LogP contribution in [0.1, 0.15) is 12.5 Å². The molecule has 0 atom stereocenters. The molecule has 0 unspecified atom stereocenters. The van der Waals surface area contributed by atoms with Crippen LogP contribution < -0.4 is 0 Å². The number of rotatable bonds is 6. The maximum Gasteiger partial charge on any atom is 0.384 e. The Morgan fingerprint density at radius 3 is 2.57 bits per heavy atom. The first-order chi connectivity index (χ1) is 10.9. The first-order valence-electron chi connectivity index (χ1n) is 6.98. The van der Waals surface area contributed by atoms with Gasteiger partial charge in [-0.15, -0.1) is 5.73 Å². The van der Waals surface area contributed by atoms with Crippen molar-refractivity contribution >= 4 is 16.0 Å². The van der Waals surface area contributed by atoms with E-state index < -0.39 is 16.0 Å². The van der Waals surface area contributed by atoms with Crippen LogP contribution in [0.3, 0.4) is 0 Å². The highest BCUT2D eigenvalue weighted by Crippen LogP contribution is 2.16. The van der Waals surface area contributed by atoms with Crippen LogP contribution in [0, 0.1) is 18.8 Å². The van der Waals surface area contributed by atoms with Crippen molar-refractivity contribution in [2.75, 3.05) is 19.7 Å². The van der Waals surface area contributed by atoms with Crippen LogP contribution in [0.25, 0.3) is 0 Å². The molecule has 0 fully saturated rings. The molecular formula is C17H19NO4S. The second-order valence-corrected chi connectivity index (χ2v) is 6.48. The number of hydrogen-bond donors (Lipinski definition) is 0. The lowest BCUT2D eigenvalue weighted by Gasteiger charge is -2.18. The second-order valence-electron chi connectivity index (χ2n) is 4.54. The minimum atomic E-state index is -3.72. The van der Waals surface area contributed by atoms with Crippen LogP contribution in [0.15, 0.2) is 47.5 Å². The number of carbonyl (C=O) groups is 1. The van der Waals surface area contributed by atoms with Crippen molar-refractivity contribution in [2.24, 2.45) is 0 Å². The summed E-state index contributed by atoms with van der Waals surface area (Å²) < 4.78 is 31.1. The maximum absolute atomic E-state index is 12.6. The van der Waals surface area contributed by atoms with Gasteiger partial charge in [0.05, 0.1) is 18.0 Å². The molecule has 0 saturated carbocycles. The molecule has 122 valence electrons. The van der Waals surface area contributed by atoms with Crippen molar-refractivity contribution < 1.29 is 17.9 Å². The third-order valence-electron chi connectivity index (χ3n) is 2.82. The van der Waals surface area contributed by atoms with E-state index in [-0.39, 0.29) is 24.6 Å². The number of esters is 1. The van der Waals surface area contributed by atoms with E-state index in [1.807, 2.05) is 6.92 Å². The van der Waals surface area contributed by atoms with Crippen LogP contribution in [0.2, 0.25) is 0 Å². The second kappa shape index (κ2) is 8.96. The molecule has 1 aromatic carbocycles. The maximum atomic E-state index is 12.6. The predicted octanol–water partition coefficient (Wildman–Crippen LogP) is 1.89. The number of ether oxygens (including phenoxy) is 1. The van der Waals surface area contributed by atoms with Gasteiger partial charge in [0, 0.05) is 12.5 Å². The van der Waals surface area contributed by atoms with Crippen molar-refractivity contribution in [3.05, 3.63) is 48.2 Å². The molecule has 0 bridgehead atoms. The van der Waals surface area contributed by atoms with Crippen LogP contribution in [-0.2, 0) is 19.6 Å². The molecule has 5 nitrogen and oxygen atoms in total. The van der Waals surface area contributed by atoms with Gasteiger partial charge in [0.1, 0.15) is 0 Å². The van der Waals surface area contributed by atoms with Gasteiger partial charge < -0.3 is 4.74 Å². The van der Waals surface area contributed by atoms with Crippen LogP contribution in [0.5, 0.6) is 0 Å².